The fraction of sp³-hybridized carbons (Fsp3) is 0.250. The molecule has 1 heterocycles. The van der Waals surface area contributed by atoms with Gasteiger partial charge in [0.05, 0.1) is 29.7 Å². The molecule has 4 rings (SSSR count). The van der Waals surface area contributed by atoms with Gasteiger partial charge in [-0.25, -0.2) is 8.42 Å². The van der Waals surface area contributed by atoms with Gasteiger partial charge in [-0.15, -0.1) is 0 Å². The molecule has 0 bridgehead atoms. The Bertz CT molecular complexity index is 984. The highest BCUT2D eigenvalue weighted by Gasteiger charge is 2.42. The van der Waals surface area contributed by atoms with Crippen LogP contribution in [0.5, 0.6) is 0 Å². The lowest BCUT2D eigenvalue weighted by Crippen LogP contribution is -2.45. The van der Waals surface area contributed by atoms with E-state index >= 15 is 0 Å². The summed E-state index contributed by atoms with van der Waals surface area (Å²) in [5, 5.41) is 10.7. The standard InChI is InChI=1S/C24H25NO3S/c26-23-18-29(27,28)17-22(23)25(16-19-10-4-1-5-11-19)24(20-12-6-2-7-13-20)21-14-8-3-9-15-21/h1-15,22-24,26H,16-18H2/t22-,23-/m0/s1. The molecule has 0 aliphatic carbocycles. The second kappa shape index (κ2) is 8.49. The molecule has 0 unspecified atom stereocenters. The third-order valence-electron chi connectivity index (χ3n) is 5.49. The summed E-state index contributed by atoms with van der Waals surface area (Å²) in [6.45, 7) is 0.548. The molecular formula is C24H25NO3S. The Kier molecular flexibility index (Phi) is 5.81. The first-order chi connectivity index (χ1) is 14.0. The summed E-state index contributed by atoms with van der Waals surface area (Å²) >= 11 is 0. The van der Waals surface area contributed by atoms with Gasteiger partial charge in [0.2, 0.25) is 0 Å². The van der Waals surface area contributed by atoms with Crippen LogP contribution in [0, 0.1) is 0 Å². The van der Waals surface area contributed by atoms with E-state index in [-0.39, 0.29) is 17.5 Å². The van der Waals surface area contributed by atoms with Gasteiger partial charge in [0.25, 0.3) is 0 Å². The van der Waals surface area contributed by atoms with Gasteiger partial charge in [0.15, 0.2) is 9.84 Å². The molecule has 1 aliphatic rings. The van der Waals surface area contributed by atoms with Gasteiger partial charge >= 0.3 is 0 Å². The Morgan fingerprint density at radius 1 is 0.793 bits per heavy atom. The van der Waals surface area contributed by atoms with Gasteiger partial charge < -0.3 is 5.11 Å². The van der Waals surface area contributed by atoms with Crippen molar-refractivity contribution in [2.45, 2.75) is 24.7 Å². The predicted molar refractivity (Wildman–Crippen MR) is 115 cm³/mol. The first kappa shape index (κ1) is 19.8. The van der Waals surface area contributed by atoms with Crippen molar-refractivity contribution in [2.24, 2.45) is 0 Å². The van der Waals surface area contributed by atoms with E-state index in [1.807, 2.05) is 66.7 Å². The van der Waals surface area contributed by atoms with E-state index in [9.17, 15) is 13.5 Å². The van der Waals surface area contributed by atoms with Gasteiger partial charge in [-0.05, 0) is 16.7 Å². The summed E-state index contributed by atoms with van der Waals surface area (Å²) in [6.07, 6.45) is -0.904. The van der Waals surface area contributed by atoms with E-state index in [0.29, 0.717) is 6.54 Å². The smallest absolute Gasteiger partial charge is 0.154 e. The molecule has 1 saturated heterocycles. The van der Waals surface area contributed by atoms with E-state index in [0.717, 1.165) is 16.7 Å². The molecule has 0 aromatic heterocycles. The van der Waals surface area contributed by atoms with Crippen LogP contribution in [0.2, 0.25) is 0 Å². The highest BCUT2D eigenvalue weighted by atomic mass is 32.2. The number of nitrogens with zero attached hydrogens (tertiary/aromatic N) is 1. The van der Waals surface area contributed by atoms with Crippen molar-refractivity contribution in [3.8, 4) is 0 Å². The van der Waals surface area contributed by atoms with Crippen molar-refractivity contribution < 1.29 is 13.5 Å². The second-order valence-electron chi connectivity index (χ2n) is 7.59. The zero-order valence-electron chi connectivity index (χ0n) is 16.1. The lowest BCUT2D eigenvalue weighted by molar-refractivity contribution is 0.0582. The highest BCUT2D eigenvalue weighted by Crippen LogP contribution is 2.35. The normalized spacial score (nSPS) is 20.9. The molecule has 1 aliphatic heterocycles. The zero-order chi connectivity index (χ0) is 20.3. The van der Waals surface area contributed by atoms with Crippen molar-refractivity contribution in [1.82, 2.24) is 4.90 Å². The van der Waals surface area contributed by atoms with Crippen molar-refractivity contribution >= 4 is 9.84 Å². The fourth-order valence-electron chi connectivity index (χ4n) is 4.17. The first-order valence-corrected chi connectivity index (χ1v) is 11.6. The molecular weight excluding hydrogens is 382 g/mol. The van der Waals surface area contributed by atoms with Crippen LogP contribution in [0.25, 0.3) is 0 Å². The van der Waals surface area contributed by atoms with Gasteiger partial charge in [0, 0.05) is 6.54 Å². The van der Waals surface area contributed by atoms with Crippen molar-refractivity contribution in [3.05, 3.63) is 108 Å². The van der Waals surface area contributed by atoms with Gasteiger partial charge in [-0.3, -0.25) is 4.90 Å². The lowest BCUT2D eigenvalue weighted by Gasteiger charge is -2.38. The maximum atomic E-state index is 12.3. The SMILES string of the molecule is O=S1(=O)C[C@H](O)[C@@H](N(Cc2ccccc2)C(c2ccccc2)c2ccccc2)C1. The third-order valence-corrected chi connectivity index (χ3v) is 7.19. The largest absolute Gasteiger partial charge is 0.390 e. The second-order valence-corrected chi connectivity index (χ2v) is 9.75. The Balaban J connectivity index is 1.82. The van der Waals surface area contributed by atoms with Gasteiger partial charge in [0.1, 0.15) is 0 Å². The molecule has 2 atom stereocenters. The number of aliphatic hydroxyl groups excluding tert-OH is 1. The van der Waals surface area contributed by atoms with Gasteiger partial charge in [-0.1, -0.05) is 91.0 Å². The fourth-order valence-corrected chi connectivity index (χ4v) is 5.98. The number of aliphatic hydroxyl groups is 1. The quantitative estimate of drug-likeness (QED) is 0.680. The van der Waals surface area contributed by atoms with Crippen LogP contribution < -0.4 is 0 Å². The van der Waals surface area contributed by atoms with Crippen LogP contribution >= 0.6 is 0 Å². The summed E-state index contributed by atoms with van der Waals surface area (Å²) in [4.78, 5) is 2.15. The number of benzene rings is 3. The zero-order valence-corrected chi connectivity index (χ0v) is 16.9. The van der Waals surface area contributed by atoms with Crippen molar-refractivity contribution in [3.63, 3.8) is 0 Å². The highest BCUT2D eigenvalue weighted by molar-refractivity contribution is 7.91. The molecule has 4 nitrogen and oxygen atoms in total. The number of hydrogen-bond donors (Lipinski definition) is 1. The molecule has 3 aromatic rings. The minimum atomic E-state index is -3.27. The van der Waals surface area contributed by atoms with Crippen LogP contribution in [-0.4, -0.2) is 42.1 Å². The topological polar surface area (TPSA) is 57.6 Å². The molecule has 5 heteroatoms. The van der Waals surface area contributed by atoms with E-state index in [2.05, 4.69) is 29.2 Å². The Hall–Kier alpha value is -2.47. The predicted octanol–water partition coefficient (Wildman–Crippen LogP) is 3.44. The van der Waals surface area contributed by atoms with E-state index in [1.54, 1.807) is 0 Å². The average molecular weight is 408 g/mol. The molecule has 0 spiro atoms. The minimum absolute atomic E-state index is 0.0306. The molecule has 3 aromatic carbocycles. The number of hydrogen-bond acceptors (Lipinski definition) is 4. The van der Waals surface area contributed by atoms with E-state index < -0.39 is 22.0 Å². The van der Waals surface area contributed by atoms with Crippen LogP contribution in [-0.2, 0) is 16.4 Å². The maximum absolute atomic E-state index is 12.3. The van der Waals surface area contributed by atoms with Crippen molar-refractivity contribution in [2.75, 3.05) is 11.5 Å². The van der Waals surface area contributed by atoms with Crippen LogP contribution in [0.3, 0.4) is 0 Å². The van der Waals surface area contributed by atoms with Crippen molar-refractivity contribution in [1.29, 1.82) is 0 Å². The number of sulfone groups is 1. The molecule has 0 saturated carbocycles. The average Bonchev–Trinajstić information content (AvgIpc) is 3.02. The van der Waals surface area contributed by atoms with Gasteiger partial charge in [-0.2, -0.15) is 0 Å². The maximum Gasteiger partial charge on any atom is 0.154 e. The Labute approximate surface area is 172 Å². The van der Waals surface area contributed by atoms with Crippen LogP contribution in [0.4, 0.5) is 0 Å². The first-order valence-electron chi connectivity index (χ1n) is 9.81. The summed E-state index contributed by atoms with van der Waals surface area (Å²) in [5.41, 5.74) is 3.23. The summed E-state index contributed by atoms with van der Waals surface area (Å²) < 4.78 is 24.6. The summed E-state index contributed by atoms with van der Waals surface area (Å²) in [6, 6.07) is 29.5. The third kappa shape index (κ3) is 4.58. The molecule has 29 heavy (non-hydrogen) atoms. The molecule has 1 fully saturated rings. The number of rotatable bonds is 6. The summed E-state index contributed by atoms with van der Waals surface area (Å²) in [5.74, 6) is -0.212. The molecule has 150 valence electrons. The van der Waals surface area contributed by atoms with Crippen LogP contribution in [0.15, 0.2) is 91.0 Å². The Morgan fingerprint density at radius 2 is 1.28 bits per heavy atom. The lowest BCUT2D eigenvalue weighted by atomic mass is 9.94. The van der Waals surface area contributed by atoms with Crippen LogP contribution in [0.1, 0.15) is 22.7 Å². The van der Waals surface area contributed by atoms with E-state index in [1.165, 1.54) is 0 Å². The molecule has 1 N–H and O–H groups in total. The monoisotopic (exact) mass is 407 g/mol. The Morgan fingerprint density at radius 3 is 1.72 bits per heavy atom. The summed E-state index contributed by atoms with van der Waals surface area (Å²) in [7, 11) is -3.27. The minimum Gasteiger partial charge on any atom is -0.390 e. The van der Waals surface area contributed by atoms with E-state index in [4.69, 9.17) is 0 Å². The molecule has 0 amide bonds. The molecule has 0 radical (unpaired) electrons.